The molecule has 0 spiro atoms. The molecule has 0 aromatic heterocycles. The third kappa shape index (κ3) is 2.51. The van der Waals surface area contributed by atoms with Crippen LogP contribution in [0.3, 0.4) is 0 Å². The van der Waals surface area contributed by atoms with E-state index in [1.165, 1.54) is 6.07 Å². The SMILES string of the molecule is NCC1CCCN1C(=O)c1cc2c(cc1F)NC(=O)CC2. The number of benzene rings is 1. The highest BCUT2D eigenvalue weighted by atomic mass is 19.1. The summed E-state index contributed by atoms with van der Waals surface area (Å²) in [5.74, 6) is -1.02. The van der Waals surface area contributed by atoms with Crippen LogP contribution in [0.1, 0.15) is 35.2 Å². The minimum Gasteiger partial charge on any atom is -0.334 e. The van der Waals surface area contributed by atoms with Crippen molar-refractivity contribution >= 4 is 17.5 Å². The summed E-state index contributed by atoms with van der Waals surface area (Å²) in [5, 5.41) is 2.63. The van der Waals surface area contributed by atoms with Crippen LogP contribution in [0.25, 0.3) is 0 Å². The van der Waals surface area contributed by atoms with Crippen molar-refractivity contribution in [2.45, 2.75) is 31.7 Å². The Morgan fingerprint density at radius 3 is 3.00 bits per heavy atom. The number of nitrogens with two attached hydrogens (primary N) is 1. The first kappa shape index (κ1) is 14.0. The molecule has 2 heterocycles. The summed E-state index contributed by atoms with van der Waals surface area (Å²) < 4.78 is 14.2. The largest absolute Gasteiger partial charge is 0.334 e. The van der Waals surface area contributed by atoms with Gasteiger partial charge in [0.2, 0.25) is 5.91 Å². The van der Waals surface area contributed by atoms with E-state index in [1.807, 2.05) is 0 Å². The van der Waals surface area contributed by atoms with E-state index in [2.05, 4.69) is 5.32 Å². The van der Waals surface area contributed by atoms with Crippen molar-refractivity contribution in [1.29, 1.82) is 0 Å². The number of likely N-dealkylation sites (tertiary alicyclic amines) is 1. The first-order valence-electron chi connectivity index (χ1n) is 7.23. The van der Waals surface area contributed by atoms with E-state index in [0.717, 1.165) is 18.4 Å². The molecule has 1 fully saturated rings. The standard InChI is InChI=1S/C15H18FN3O2/c16-12-7-13-9(3-4-14(20)18-13)6-11(12)15(21)19-5-1-2-10(19)8-17/h6-7,10H,1-5,8,17H2,(H,18,20). The highest BCUT2D eigenvalue weighted by Gasteiger charge is 2.30. The zero-order chi connectivity index (χ0) is 15.0. The van der Waals surface area contributed by atoms with E-state index < -0.39 is 5.82 Å². The van der Waals surface area contributed by atoms with Crippen LogP contribution < -0.4 is 11.1 Å². The van der Waals surface area contributed by atoms with E-state index in [1.54, 1.807) is 11.0 Å². The van der Waals surface area contributed by atoms with Gasteiger partial charge in [-0.3, -0.25) is 9.59 Å². The molecule has 0 bridgehead atoms. The Morgan fingerprint density at radius 1 is 1.43 bits per heavy atom. The molecule has 3 rings (SSSR count). The third-order valence-electron chi connectivity index (χ3n) is 4.23. The van der Waals surface area contributed by atoms with Crippen molar-refractivity contribution in [2.75, 3.05) is 18.4 Å². The smallest absolute Gasteiger partial charge is 0.257 e. The summed E-state index contributed by atoms with van der Waals surface area (Å²) in [6, 6.07) is 2.80. The van der Waals surface area contributed by atoms with Crippen LogP contribution in [-0.4, -0.2) is 35.8 Å². The minimum atomic E-state index is -0.594. The molecular formula is C15H18FN3O2. The second-order valence-corrected chi connectivity index (χ2v) is 5.57. The molecule has 6 heteroatoms. The number of anilines is 1. The molecule has 0 aliphatic carbocycles. The van der Waals surface area contributed by atoms with Gasteiger partial charge in [0.15, 0.2) is 0 Å². The molecule has 3 N–H and O–H groups in total. The number of aryl methyl sites for hydroxylation is 1. The molecule has 1 aromatic rings. The quantitative estimate of drug-likeness (QED) is 0.861. The molecule has 1 aromatic carbocycles. The fourth-order valence-corrected chi connectivity index (χ4v) is 3.07. The number of hydrogen-bond acceptors (Lipinski definition) is 3. The van der Waals surface area contributed by atoms with Gasteiger partial charge in [-0.2, -0.15) is 0 Å². The van der Waals surface area contributed by atoms with Gasteiger partial charge in [0.1, 0.15) is 5.82 Å². The Bertz CT molecular complexity index is 603. The van der Waals surface area contributed by atoms with Crippen LogP contribution in [-0.2, 0) is 11.2 Å². The van der Waals surface area contributed by atoms with E-state index in [4.69, 9.17) is 5.73 Å². The lowest BCUT2D eigenvalue weighted by atomic mass is 9.99. The predicted molar refractivity (Wildman–Crippen MR) is 76.5 cm³/mol. The molecule has 5 nitrogen and oxygen atoms in total. The number of fused-ring (bicyclic) bond motifs is 1. The highest BCUT2D eigenvalue weighted by molar-refractivity contribution is 5.98. The van der Waals surface area contributed by atoms with Gasteiger partial charge in [-0.05, 0) is 37.0 Å². The summed E-state index contributed by atoms with van der Waals surface area (Å²) in [6.07, 6.45) is 2.66. The average molecular weight is 291 g/mol. The van der Waals surface area contributed by atoms with Crippen LogP contribution in [0, 0.1) is 5.82 Å². The number of nitrogens with zero attached hydrogens (tertiary/aromatic N) is 1. The maximum absolute atomic E-state index is 14.2. The normalized spacial score (nSPS) is 21.1. The zero-order valence-corrected chi connectivity index (χ0v) is 11.7. The second kappa shape index (κ2) is 5.44. The van der Waals surface area contributed by atoms with E-state index in [-0.39, 0.29) is 23.4 Å². The van der Waals surface area contributed by atoms with Crippen molar-refractivity contribution in [3.8, 4) is 0 Å². The van der Waals surface area contributed by atoms with Crippen LogP contribution in [0.2, 0.25) is 0 Å². The Hall–Kier alpha value is -1.95. The number of nitrogens with one attached hydrogen (secondary N) is 1. The molecule has 2 aliphatic rings. The van der Waals surface area contributed by atoms with Gasteiger partial charge in [0, 0.05) is 31.2 Å². The lowest BCUT2D eigenvalue weighted by molar-refractivity contribution is -0.116. The van der Waals surface area contributed by atoms with Crippen molar-refractivity contribution in [3.05, 3.63) is 29.1 Å². The van der Waals surface area contributed by atoms with Crippen molar-refractivity contribution in [2.24, 2.45) is 5.73 Å². The number of carbonyl (C=O) groups is 2. The number of halogens is 1. The second-order valence-electron chi connectivity index (χ2n) is 5.57. The van der Waals surface area contributed by atoms with Gasteiger partial charge >= 0.3 is 0 Å². The van der Waals surface area contributed by atoms with Crippen LogP contribution in [0.15, 0.2) is 12.1 Å². The van der Waals surface area contributed by atoms with E-state index >= 15 is 0 Å². The first-order chi connectivity index (χ1) is 10.1. The Labute approximate surface area is 122 Å². The fraction of sp³-hybridized carbons (Fsp3) is 0.467. The maximum Gasteiger partial charge on any atom is 0.257 e. The average Bonchev–Trinajstić information content (AvgIpc) is 2.94. The van der Waals surface area contributed by atoms with Crippen molar-refractivity contribution < 1.29 is 14.0 Å². The lowest BCUT2D eigenvalue weighted by Crippen LogP contribution is -2.40. The monoisotopic (exact) mass is 291 g/mol. The molecule has 2 amide bonds. The number of rotatable bonds is 2. The summed E-state index contributed by atoms with van der Waals surface area (Å²) in [6.45, 7) is 1.02. The molecule has 112 valence electrons. The van der Waals surface area contributed by atoms with Gasteiger partial charge in [-0.1, -0.05) is 0 Å². The maximum atomic E-state index is 14.2. The van der Waals surface area contributed by atoms with Crippen LogP contribution in [0.4, 0.5) is 10.1 Å². The predicted octanol–water partition coefficient (Wildman–Crippen LogP) is 1.27. The number of hydrogen-bond donors (Lipinski definition) is 2. The molecular weight excluding hydrogens is 273 g/mol. The summed E-state index contributed by atoms with van der Waals surface area (Å²) in [7, 11) is 0. The number of amides is 2. The summed E-state index contributed by atoms with van der Waals surface area (Å²) in [5.41, 5.74) is 7.02. The molecule has 0 radical (unpaired) electrons. The topological polar surface area (TPSA) is 75.4 Å². The Balaban J connectivity index is 1.92. The summed E-state index contributed by atoms with van der Waals surface area (Å²) in [4.78, 5) is 25.5. The zero-order valence-electron chi connectivity index (χ0n) is 11.7. The van der Waals surface area contributed by atoms with Gasteiger partial charge in [0.05, 0.1) is 5.56 Å². The van der Waals surface area contributed by atoms with Gasteiger partial charge in [-0.15, -0.1) is 0 Å². The number of carbonyl (C=O) groups excluding carboxylic acids is 2. The minimum absolute atomic E-state index is 0.00682. The highest BCUT2D eigenvalue weighted by Crippen LogP contribution is 2.28. The molecule has 1 saturated heterocycles. The van der Waals surface area contributed by atoms with Crippen LogP contribution in [0.5, 0.6) is 0 Å². The van der Waals surface area contributed by atoms with E-state index in [0.29, 0.717) is 31.6 Å². The fourth-order valence-electron chi connectivity index (χ4n) is 3.07. The third-order valence-corrected chi connectivity index (χ3v) is 4.23. The summed E-state index contributed by atoms with van der Waals surface area (Å²) >= 11 is 0. The molecule has 1 atom stereocenters. The molecule has 1 unspecified atom stereocenters. The first-order valence-corrected chi connectivity index (χ1v) is 7.23. The van der Waals surface area contributed by atoms with Crippen molar-refractivity contribution in [1.82, 2.24) is 4.90 Å². The van der Waals surface area contributed by atoms with Gasteiger partial charge in [0.25, 0.3) is 5.91 Å². The van der Waals surface area contributed by atoms with Gasteiger partial charge < -0.3 is 16.0 Å². The molecule has 2 aliphatic heterocycles. The Morgan fingerprint density at radius 2 is 2.24 bits per heavy atom. The van der Waals surface area contributed by atoms with Gasteiger partial charge in [-0.25, -0.2) is 4.39 Å². The molecule has 0 saturated carbocycles. The molecule has 21 heavy (non-hydrogen) atoms. The Kier molecular flexibility index (Phi) is 3.63. The van der Waals surface area contributed by atoms with Crippen LogP contribution >= 0.6 is 0 Å². The van der Waals surface area contributed by atoms with Crippen molar-refractivity contribution in [3.63, 3.8) is 0 Å². The lowest BCUT2D eigenvalue weighted by Gasteiger charge is -2.25. The van der Waals surface area contributed by atoms with E-state index in [9.17, 15) is 14.0 Å².